The van der Waals surface area contributed by atoms with Gasteiger partial charge in [-0.2, -0.15) is 0 Å². The number of H-pyrrole nitrogens is 1. The zero-order valence-electron chi connectivity index (χ0n) is 17.2. The summed E-state index contributed by atoms with van der Waals surface area (Å²) in [5, 5.41) is 2.38. The molecule has 0 aliphatic heterocycles. The fourth-order valence-corrected chi connectivity index (χ4v) is 4.26. The Morgan fingerprint density at radius 1 is 0.909 bits per heavy atom. The minimum absolute atomic E-state index is 0.0390. The summed E-state index contributed by atoms with van der Waals surface area (Å²) in [6, 6.07) is 23.9. The van der Waals surface area contributed by atoms with E-state index in [1.807, 2.05) is 60.7 Å². The molecule has 5 aromatic rings. The molecule has 160 valence electrons. The molecule has 0 bridgehead atoms. The van der Waals surface area contributed by atoms with Crippen molar-refractivity contribution in [3.63, 3.8) is 0 Å². The lowest BCUT2D eigenvalue weighted by atomic mass is 9.94. The number of para-hydroxylation sites is 1. The molecule has 1 N–H and O–H groups in total. The number of pyridine rings is 2. The van der Waals surface area contributed by atoms with Crippen LogP contribution in [0.25, 0.3) is 39.0 Å². The van der Waals surface area contributed by atoms with E-state index in [1.54, 1.807) is 24.3 Å². The van der Waals surface area contributed by atoms with E-state index < -0.39 is 11.3 Å². The Bertz CT molecular complexity index is 1620. The number of hydrogen-bond donors (Lipinski definition) is 1. The Kier molecular flexibility index (Phi) is 5.55. The van der Waals surface area contributed by atoms with E-state index in [1.165, 1.54) is 6.08 Å². The van der Waals surface area contributed by atoms with Crippen LogP contribution >= 0.6 is 23.2 Å². The number of allylic oxidation sites excluding steroid dienone is 1. The second-order valence-corrected chi connectivity index (χ2v) is 8.31. The zero-order valence-corrected chi connectivity index (χ0v) is 18.7. The van der Waals surface area contributed by atoms with Gasteiger partial charge in [-0.25, -0.2) is 4.98 Å². The maximum absolute atomic E-state index is 13.3. The van der Waals surface area contributed by atoms with Gasteiger partial charge < -0.3 is 4.98 Å². The SMILES string of the molecule is O=C(/C=C/c1cc2ccccc2nc1Cl)c1c(-c2ccccc2)c2cc(Cl)ccc2[nH]c1=O. The number of hydrogen-bond acceptors (Lipinski definition) is 3. The van der Waals surface area contributed by atoms with E-state index >= 15 is 0 Å². The van der Waals surface area contributed by atoms with Gasteiger partial charge in [0.1, 0.15) is 5.15 Å². The van der Waals surface area contributed by atoms with Crippen molar-refractivity contribution in [2.75, 3.05) is 0 Å². The quantitative estimate of drug-likeness (QED) is 0.175. The van der Waals surface area contributed by atoms with Crippen molar-refractivity contribution in [3.8, 4) is 11.1 Å². The molecular weight excluding hydrogens is 455 g/mol. The van der Waals surface area contributed by atoms with Crippen LogP contribution in [0.4, 0.5) is 0 Å². The molecule has 4 nitrogen and oxygen atoms in total. The van der Waals surface area contributed by atoms with Gasteiger partial charge in [-0.1, -0.05) is 71.7 Å². The highest BCUT2D eigenvalue weighted by molar-refractivity contribution is 6.32. The highest BCUT2D eigenvalue weighted by Gasteiger charge is 2.19. The van der Waals surface area contributed by atoms with E-state index in [9.17, 15) is 9.59 Å². The van der Waals surface area contributed by atoms with Gasteiger partial charge in [0.15, 0.2) is 5.78 Å². The predicted octanol–water partition coefficient (Wildman–Crippen LogP) is 6.95. The first kappa shape index (κ1) is 21.1. The lowest BCUT2D eigenvalue weighted by Crippen LogP contribution is -2.18. The Balaban J connectivity index is 1.67. The number of nitrogens with one attached hydrogen (secondary N) is 1. The summed E-state index contributed by atoms with van der Waals surface area (Å²) in [4.78, 5) is 33.5. The number of fused-ring (bicyclic) bond motifs is 2. The number of aromatic amines is 1. The molecule has 2 aromatic heterocycles. The monoisotopic (exact) mass is 470 g/mol. The summed E-state index contributed by atoms with van der Waals surface area (Å²) < 4.78 is 0. The lowest BCUT2D eigenvalue weighted by Gasteiger charge is -2.12. The van der Waals surface area contributed by atoms with Gasteiger partial charge >= 0.3 is 0 Å². The number of ketones is 1. The van der Waals surface area contributed by atoms with Crippen molar-refractivity contribution >= 4 is 56.9 Å². The van der Waals surface area contributed by atoms with Crippen LogP contribution < -0.4 is 5.56 Å². The summed E-state index contributed by atoms with van der Waals surface area (Å²) >= 11 is 12.6. The molecule has 6 heteroatoms. The molecule has 0 unspecified atom stereocenters. The van der Waals surface area contributed by atoms with Crippen molar-refractivity contribution < 1.29 is 4.79 Å². The first-order valence-electron chi connectivity index (χ1n) is 10.2. The fraction of sp³-hybridized carbons (Fsp3) is 0. The largest absolute Gasteiger partial charge is 0.321 e. The molecule has 2 heterocycles. The van der Waals surface area contributed by atoms with Crippen molar-refractivity contribution in [1.29, 1.82) is 0 Å². The topological polar surface area (TPSA) is 62.8 Å². The standard InChI is InChI=1S/C27H16Cl2N2O2/c28-19-11-12-22-20(15-19)24(16-6-2-1-3-7-16)25(27(33)31-22)23(32)13-10-18-14-17-8-4-5-9-21(17)30-26(18)29/h1-15H,(H,31,33)/b13-10+. The molecule has 0 fully saturated rings. The van der Waals surface area contributed by atoms with Gasteiger partial charge in [0, 0.05) is 32.4 Å². The summed E-state index contributed by atoms with van der Waals surface area (Å²) in [7, 11) is 0. The number of carbonyl (C=O) groups excluding carboxylic acids is 1. The number of benzene rings is 3. The van der Waals surface area contributed by atoms with E-state index in [2.05, 4.69) is 9.97 Å². The molecular formula is C27H16Cl2N2O2. The van der Waals surface area contributed by atoms with E-state index in [0.29, 0.717) is 27.1 Å². The first-order valence-corrected chi connectivity index (χ1v) is 11.0. The second-order valence-electron chi connectivity index (χ2n) is 7.52. The normalized spacial score (nSPS) is 11.5. The van der Waals surface area contributed by atoms with Crippen molar-refractivity contribution in [2.45, 2.75) is 0 Å². The first-order chi connectivity index (χ1) is 16.0. The van der Waals surface area contributed by atoms with Crippen LogP contribution in [0.5, 0.6) is 0 Å². The molecule has 0 aliphatic carbocycles. The van der Waals surface area contributed by atoms with Gasteiger partial charge in [-0.15, -0.1) is 0 Å². The Morgan fingerprint density at radius 3 is 2.48 bits per heavy atom. The van der Waals surface area contributed by atoms with Gasteiger partial charge in [0.2, 0.25) is 0 Å². The number of rotatable bonds is 4. The van der Waals surface area contributed by atoms with Gasteiger partial charge in [-0.3, -0.25) is 9.59 Å². The van der Waals surface area contributed by atoms with E-state index in [4.69, 9.17) is 23.2 Å². The number of nitrogens with zero attached hydrogens (tertiary/aromatic N) is 1. The van der Waals surface area contributed by atoms with Crippen LogP contribution in [-0.2, 0) is 0 Å². The van der Waals surface area contributed by atoms with Gasteiger partial charge in [0.25, 0.3) is 5.56 Å². The van der Waals surface area contributed by atoms with E-state index in [-0.39, 0.29) is 10.7 Å². The second kappa shape index (κ2) is 8.66. The predicted molar refractivity (Wildman–Crippen MR) is 135 cm³/mol. The van der Waals surface area contributed by atoms with Crippen molar-refractivity contribution in [2.24, 2.45) is 0 Å². The van der Waals surface area contributed by atoms with Crippen molar-refractivity contribution in [3.05, 3.63) is 117 Å². The Hall–Kier alpha value is -3.73. The summed E-state index contributed by atoms with van der Waals surface area (Å²) in [5.41, 5.74) is 2.81. The number of carbonyl (C=O) groups is 1. The number of aromatic nitrogens is 2. The van der Waals surface area contributed by atoms with Crippen molar-refractivity contribution in [1.82, 2.24) is 9.97 Å². The highest BCUT2D eigenvalue weighted by Crippen LogP contribution is 2.32. The molecule has 0 saturated carbocycles. The minimum Gasteiger partial charge on any atom is -0.321 e. The third-order valence-electron chi connectivity index (χ3n) is 5.40. The van der Waals surface area contributed by atoms with Crippen LogP contribution in [0, 0.1) is 0 Å². The molecule has 0 amide bonds. The number of halogens is 2. The molecule has 0 radical (unpaired) electrons. The van der Waals surface area contributed by atoms with Crippen LogP contribution in [0.3, 0.4) is 0 Å². The smallest absolute Gasteiger partial charge is 0.260 e. The van der Waals surface area contributed by atoms with Crippen LogP contribution in [0.1, 0.15) is 15.9 Å². The summed E-state index contributed by atoms with van der Waals surface area (Å²) in [6.45, 7) is 0. The highest BCUT2D eigenvalue weighted by atomic mass is 35.5. The van der Waals surface area contributed by atoms with Crippen LogP contribution in [-0.4, -0.2) is 15.8 Å². The van der Waals surface area contributed by atoms with E-state index in [0.717, 1.165) is 16.5 Å². The molecule has 0 aliphatic rings. The minimum atomic E-state index is -0.471. The van der Waals surface area contributed by atoms with Crippen LogP contribution in [0.2, 0.25) is 10.2 Å². The van der Waals surface area contributed by atoms with Gasteiger partial charge in [-0.05, 0) is 48.0 Å². The Morgan fingerprint density at radius 2 is 1.67 bits per heavy atom. The maximum atomic E-state index is 13.3. The maximum Gasteiger partial charge on any atom is 0.260 e. The average Bonchev–Trinajstić information content (AvgIpc) is 2.82. The molecule has 0 spiro atoms. The summed E-state index contributed by atoms with van der Waals surface area (Å²) in [6.07, 6.45) is 2.94. The molecule has 33 heavy (non-hydrogen) atoms. The third-order valence-corrected chi connectivity index (χ3v) is 5.94. The average molecular weight is 471 g/mol. The zero-order chi connectivity index (χ0) is 22.9. The Labute approximate surface area is 199 Å². The summed E-state index contributed by atoms with van der Waals surface area (Å²) in [5.74, 6) is -0.443. The van der Waals surface area contributed by atoms with Crippen LogP contribution in [0.15, 0.2) is 89.7 Å². The molecule has 0 atom stereocenters. The fourth-order valence-electron chi connectivity index (χ4n) is 3.88. The lowest BCUT2D eigenvalue weighted by molar-refractivity contribution is 0.104. The third kappa shape index (κ3) is 4.07. The molecule has 3 aromatic carbocycles. The molecule has 5 rings (SSSR count). The molecule has 0 saturated heterocycles. The van der Waals surface area contributed by atoms with Gasteiger partial charge in [0.05, 0.1) is 11.1 Å².